The maximum Gasteiger partial charge on any atom is 0.270 e. The van der Waals surface area contributed by atoms with Gasteiger partial charge in [-0.05, 0) is 6.07 Å². The van der Waals surface area contributed by atoms with Gasteiger partial charge in [0.2, 0.25) is 0 Å². The van der Waals surface area contributed by atoms with Gasteiger partial charge in [-0.15, -0.1) is 11.3 Å². The van der Waals surface area contributed by atoms with Gasteiger partial charge in [-0.2, -0.15) is 0 Å². The van der Waals surface area contributed by atoms with Crippen molar-refractivity contribution in [2.24, 2.45) is 0 Å². The minimum atomic E-state index is -0.441. The van der Waals surface area contributed by atoms with Crippen LogP contribution in [0.4, 0.5) is 10.8 Å². The Morgan fingerprint density at radius 3 is 2.73 bits per heavy atom. The molecule has 1 saturated heterocycles. The van der Waals surface area contributed by atoms with Crippen LogP contribution in [0.15, 0.2) is 29.8 Å². The van der Waals surface area contributed by atoms with Crippen molar-refractivity contribution >= 4 is 22.2 Å². The summed E-state index contributed by atoms with van der Waals surface area (Å²) < 4.78 is 0. The first kappa shape index (κ1) is 14.7. The highest BCUT2D eigenvalue weighted by Crippen LogP contribution is 2.25. The van der Waals surface area contributed by atoms with E-state index in [-0.39, 0.29) is 11.4 Å². The zero-order valence-corrected chi connectivity index (χ0v) is 12.7. The number of phenolic OH excluding ortho intramolecular Hbond substituents is 1. The quantitative estimate of drug-likeness (QED) is 0.686. The first-order valence-electron chi connectivity index (χ1n) is 6.96. The molecule has 2 aromatic rings. The Bertz CT molecular complexity index is 654. The van der Waals surface area contributed by atoms with Crippen LogP contribution in [0, 0.1) is 10.1 Å². The van der Waals surface area contributed by atoms with E-state index in [2.05, 4.69) is 14.8 Å². The molecule has 0 unspecified atom stereocenters. The average Bonchev–Trinajstić information content (AvgIpc) is 3.04. The summed E-state index contributed by atoms with van der Waals surface area (Å²) in [5, 5.41) is 23.7. The van der Waals surface area contributed by atoms with Crippen molar-refractivity contribution in [3.05, 3.63) is 45.5 Å². The van der Waals surface area contributed by atoms with Crippen LogP contribution in [-0.4, -0.2) is 46.1 Å². The fraction of sp³-hybridized carbons (Fsp3) is 0.357. The normalized spacial score (nSPS) is 15.9. The third-order valence-electron chi connectivity index (χ3n) is 3.73. The summed E-state index contributed by atoms with van der Waals surface area (Å²) in [6.45, 7) is 3.91. The van der Waals surface area contributed by atoms with Gasteiger partial charge in [-0.3, -0.25) is 15.0 Å². The summed E-state index contributed by atoms with van der Waals surface area (Å²) in [4.78, 5) is 19.1. The van der Waals surface area contributed by atoms with Gasteiger partial charge in [0.25, 0.3) is 5.69 Å². The summed E-state index contributed by atoms with van der Waals surface area (Å²) in [6, 6.07) is 4.15. The Kier molecular flexibility index (Phi) is 4.21. The molecule has 1 aromatic heterocycles. The van der Waals surface area contributed by atoms with E-state index < -0.39 is 4.92 Å². The number of nitro groups is 1. The summed E-state index contributed by atoms with van der Waals surface area (Å²) in [7, 11) is 0. The number of aromatic nitrogens is 1. The molecule has 0 aliphatic carbocycles. The topological polar surface area (TPSA) is 82.7 Å². The molecule has 7 nitrogen and oxygen atoms in total. The standard InChI is InChI=1S/C14H16N4O3S/c19-13-2-1-12(18(20)21)9-11(13)10-16-4-6-17(7-5-16)14-15-3-8-22-14/h1-3,8-9,19H,4-7,10H2. The Morgan fingerprint density at radius 1 is 1.32 bits per heavy atom. The molecule has 8 heteroatoms. The molecule has 0 atom stereocenters. The highest BCUT2D eigenvalue weighted by atomic mass is 32.1. The lowest BCUT2D eigenvalue weighted by Crippen LogP contribution is -2.45. The van der Waals surface area contributed by atoms with Crippen molar-refractivity contribution in [1.82, 2.24) is 9.88 Å². The minimum absolute atomic E-state index is 0.00854. The third kappa shape index (κ3) is 3.18. The molecule has 1 aliphatic heterocycles. The van der Waals surface area contributed by atoms with E-state index in [1.807, 2.05) is 5.38 Å². The number of nitro benzene ring substituents is 1. The van der Waals surface area contributed by atoms with Gasteiger partial charge in [-0.25, -0.2) is 4.98 Å². The summed E-state index contributed by atoms with van der Waals surface area (Å²) >= 11 is 1.62. The van der Waals surface area contributed by atoms with Gasteiger partial charge < -0.3 is 10.0 Å². The van der Waals surface area contributed by atoms with Crippen molar-refractivity contribution < 1.29 is 10.0 Å². The molecule has 116 valence electrons. The van der Waals surface area contributed by atoms with E-state index in [0.29, 0.717) is 12.1 Å². The second-order valence-electron chi connectivity index (χ2n) is 5.15. The van der Waals surface area contributed by atoms with Crippen LogP contribution < -0.4 is 4.90 Å². The second kappa shape index (κ2) is 6.29. The molecule has 3 rings (SSSR count). The first-order valence-corrected chi connectivity index (χ1v) is 7.84. The van der Waals surface area contributed by atoms with Crippen molar-refractivity contribution in [1.29, 1.82) is 0 Å². The average molecular weight is 320 g/mol. The number of rotatable bonds is 4. The van der Waals surface area contributed by atoms with E-state index in [9.17, 15) is 15.2 Å². The lowest BCUT2D eigenvalue weighted by molar-refractivity contribution is -0.385. The first-order chi connectivity index (χ1) is 10.6. The maximum atomic E-state index is 10.8. The molecule has 22 heavy (non-hydrogen) atoms. The van der Waals surface area contributed by atoms with E-state index in [1.165, 1.54) is 18.2 Å². The van der Waals surface area contributed by atoms with Crippen LogP contribution >= 0.6 is 11.3 Å². The molecule has 2 heterocycles. The van der Waals surface area contributed by atoms with Gasteiger partial charge in [0.05, 0.1) is 4.92 Å². The molecule has 1 aliphatic rings. The monoisotopic (exact) mass is 320 g/mol. The smallest absolute Gasteiger partial charge is 0.270 e. The molecule has 0 saturated carbocycles. The van der Waals surface area contributed by atoms with Gasteiger partial charge >= 0.3 is 0 Å². The molecule has 0 amide bonds. The van der Waals surface area contributed by atoms with Gasteiger partial charge in [-0.1, -0.05) is 0 Å². The second-order valence-corrected chi connectivity index (χ2v) is 6.02. The van der Waals surface area contributed by atoms with Crippen molar-refractivity contribution in [3.8, 4) is 5.75 Å². The van der Waals surface area contributed by atoms with Crippen molar-refractivity contribution in [2.75, 3.05) is 31.1 Å². The summed E-state index contributed by atoms with van der Waals surface area (Å²) in [5.41, 5.74) is 0.603. The molecule has 0 bridgehead atoms. The number of anilines is 1. The van der Waals surface area contributed by atoms with Crippen LogP contribution in [0.5, 0.6) is 5.75 Å². The molecular weight excluding hydrogens is 304 g/mol. The van der Waals surface area contributed by atoms with Crippen molar-refractivity contribution in [2.45, 2.75) is 6.54 Å². The van der Waals surface area contributed by atoms with Gasteiger partial charge in [0.1, 0.15) is 5.75 Å². The number of piperazine rings is 1. The molecular formula is C14H16N4O3S. The van der Waals surface area contributed by atoms with E-state index in [0.717, 1.165) is 31.3 Å². The molecule has 1 fully saturated rings. The number of non-ortho nitro benzene ring substituents is 1. The van der Waals surface area contributed by atoms with Gasteiger partial charge in [0, 0.05) is 62.0 Å². The van der Waals surface area contributed by atoms with E-state index in [1.54, 1.807) is 17.5 Å². The van der Waals surface area contributed by atoms with Crippen LogP contribution in [-0.2, 0) is 6.54 Å². The van der Waals surface area contributed by atoms with Crippen LogP contribution in [0.1, 0.15) is 5.56 Å². The van der Waals surface area contributed by atoms with Crippen molar-refractivity contribution in [3.63, 3.8) is 0 Å². The number of hydrogen-bond acceptors (Lipinski definition) is 7. The Morgan fingerprint density at radius 2 is 2.09 bits per heavy atom. The highest BCUT2D eigenvalue weighted by molar-refractivity contribution is 7.13. The Hall–Kier alpha value is -2.19. The fourth-order valence-electron chi connectivity index (χ4n) is 2.52. The van der Waals surface area contributed by atoms with Crippen LogP contribution in [0.25, 0.3) is 0 Å². The fourth-order valence-corrected chi connectivity index (χ4v) is 3.22. The summed E-state index contributed by atoms with van der Waals surface area (Å²) in [5.74, 6) is 0.105. The largest absolute Gasteiger partial charge is 0.508 e. The number of thiazole rings is 1. The zero-order valence-electron chi connectivity index (χ0n) is 11.9. The predicted octanol–water partition coefficient (Wildman–Crippen LogP) is 2.08. The maximum absolute atomic E-state index is 10.8. The number of hydrogen-bond donors (Lipinski definition) is 1. The number of nitrogens with zero attached hydrogens (tertiary/aromatic N) is 4. The number of aromatic hydroxyl groups is 1. The summed E-state index contributed by atoms with van der Waals surface area (Å²) in [6.07, 6.45) is 1.80. The number of phenols is 1. The zero-order chi connectivity index (χ0) is 15.5. The molecule has 1 aromatic carbocycles. The molecule has 1 N–H and O–H groups in total. The van der Waals surface area contributed by atoms with E-state index >= 15 is 0 Å². The Balaban J connectivity index is 1.63. The van der Waals surface area contributed by atoms with E-state index in [4.69, 9.17) is 0 Å². The molecule has 0 radical (unpaired) electrons. The van der Waals surface area contributed by atoms with Crippen LogP contribution in [0.2, 0.25) is 0 Å². The van der Waals surface area contributed by atoms with Crippen LogP contribution in [0.3, 0.4) is 0 Å². The Labute approximate surface area is 131 Å². The predicted molar refractivity (Wildman–Crippen MR) is 84.4 cm³/mol. The minimum Gasteiger partial charge on any atom is -0.508 e. The highest BCUT2D eigenvalue weighted by Gasteiger charge is 2.20. The SMILES string of the molecule is O=[N+]([O-])c1ccc(O)c(CN2CCN(c3nccs3)CC2)c1. The third-order valence-corrected chi connectivity index (χ3v) is 4.56. The van der Waals surface area contributed by atoms with Gasteiger partial charge in [0.15, 0.2) is 5.13 Å². The lowest BCUT2D eigenvalue weighted by Gasteiger charge is -2.34. The molecule has 0 spiro atoms. The lowest BCUT2D eigenvalue weighted by atomic mass is 10.1. The number of benzene rings is 1.